The van der Waals surface area contributed by atoms with Crippen LogP contribution in [0.15, 0.2) is 235 Å². The summed E-state index contributed by atoms with van der Waals surface area (Å²) in [6.07, 6.45) is 0. The Bertz CT molecular complexity index is 5230. The van der Waals surface area contributed by atoms with Gasteiger partial charge in [-0.3, -0.25) is 19.2 Å². The van der Waals surface area contributed by atoms with Gasteiger partial charge >= 0.3 is 35.1 Å². The van der Waals surface area contributed by atoms with Crippen molar-refractivity contribution in [1.82, 2.24) is 0 Å². The molecule has 0 spiro atoms. The van der Waals surface area contributed by atoms with Crippen LogP contribution in [0.1, 0.15) is 33.4 Å². The second kappa shape index (κ2) is 22.9. The van der Waals surface area contributed by atoms with Crippen LogP contribution in [0.4, 0.5) is 10.0 Å². The van der Waals surface area contributed by atoms with Gasteiger partial charge in [0.05, 0.1) is 40.0 Å². The second-order valence-electron chi connectivity index (χ2n) is 22.4. The number of esters is 4. The summed E-state index contributed by atoms with van der Waals surface area (Å²) in [6.45, 7) is -1.38. The van der Waals surface area contributed by atoms with E-state index in [0.29, 0.717) is 22.3 Å². The SMILES string of the molecule is O=C(OCc1ccccc1)C1(C(=O)OCc2ccccc2)Oc2cc(N=c3c(=O)c4cc5ccccc5cc4c3=O)sc2-c2sc3c4c(sc3c21)-c1sc(N=c2c(=O)c3cc5ccccc5cc3c2=O)cc1OC4(C(=O)OCc1ccccc1)C(=O)OCc1ccccc1. The minimum atomic E-state index is -2.86. The molecule has 14 aromatic rings. The fourth-order valence-corrected chi connectivity index (χ4v) is 17.3. The Kier molecular flexibility index (Phi) is 14.1. The largest absolute Gasteiger partial charge is 0.458 e. The van der Waals surface area contributed by atoms with E-state index < -0.39 is 56.8 Å². The molecule has 456 valence electrons. The maximum Gasteiger partial charge on any atom is 0.367 e. The highest BCUT2D eigenvalue weighted by Crippen LogP contribution is 2.64. The normalized spacial score (nSPS) is 13.3. The van der Waals surface area contributed by atoms with E-state index >= 15 is 19.2 Å². The predicted molar refractivity (Wildman–Crippen MR) is 359 cm³/mol. The predicted octanol–water partition coefficient (Wildman–Crippen LogP) is 12.8. The van der Waals surface area contributed by atoms with E-state index in [4.69, 9.17) is 38.4 Å². The molecule has 0 amide bonds. The van der Waals surface area contributed by atoms with E-state index in [2.05, 4.69) is 0 Å². The van der Waals surface area contributed by atoms with Crippen LogP contribution in [0.3, 0.4) is 0 Å². The number of ether oxygens (including phenoxy) is 6. The summed E-state index contributed by atoms with van der Waals surface area (Å²) in [7, 11) is 0. The monoisotopic (exact) mass is 1310 g/mol. The van der Waals surface area contributed by atoms with Gasteiger partial charge < -0.3 is 28.4 Å². The fraction of sp³-hybridized carbons (Fsp3) is 0.0811. The lowest BCUT2D eigenvalue weighted by molar-refractivity contribution is -0.184. The zero-order valence-corrected chi connectivity index (χ0v) is 52.0. The highest BCUT2D eigenvalue weighted by molar-refractivity contribution is 7.35. The average molecular weight is 1310 g/mol. The van der Waals surface area contributed by atoms with Gasteiger partial charge in [-0.25, -0.2) is 29.2 Å². The standard InChI is InChI=1S/C74H42N2O14S4/c77-59-47-29-43-25-13-14-26-44(43)30-48(47)60(78)57(59)75-53-33-51-63(91-53)65-55(73(89-51,69(81)85-35-39-17-5-1-6-18-39)70(82)86-36-40-19-7-2-8-20-40)67-68(93-65)56-66(94-67)64-52(34-54(92-64)76-58-61(79)49-31-45-27-15-16-28-46(45)32-50(49)62(58)80)90-74(56,71(83)87-37-41-21-9-3-10-22-41)72(84)88-38-42-23-11-4-12-24-42/h1-34H,35-38H2. The number of fused-ring (bicyclic) bond motifs is 13. The van der Waals surface area contributed by atoms with Gasteiger partial charge in [0.2, 0.25) is 21.7 Å². The first-order chi connectivity index (χ1) is 45.8. The first kappa shape index (κ1) is 58.0. The zero-order valence-electron chi connectivity index (χ0n) is 48.7. The number of carbonyl (C=O) groups excluding carboxylic acids is 4. The van der Waals surface area contributed by atoms with Crippen LogP contribution in [-0.2, 0) is 75.8 Å². The quantitative estimate of drug-likeness (QED) is 0.0562. The molecule has 0 bridgehead atoms. The molecule has 0 unspecified atom stereocenters. The van der Waals surface area contributed by atoms with Crippen molar-refractivity contribution >= 4 is 132 Å². The molecule has 94 heavy (non-hydrogen) atoms. The summed E-state index contributed by atoms with van der Waals surface area (Å²) in [4.78, 5) is 131. The zero-order chi connectivity index (χ0) is 64.0. The number of thiophene rings is 4. The van der Waals surface area contributed by atoms with Gasteiger partial charge in [-0.1, -0.05) is 170 Å². The minimum Gasteiger partial charge on any atom is -0.458 e. The highest BCUT2D eigenvalue weighted by atomic mass is 32.1. The lowest BCUT2D eigenvalue weighted by Crippen LogP contribution is -2.52. The van der Waals surface area contributed by atoms with Crippen molar-refractivity contribution in [2.24, 2.45) is 9.98 Å². The summed E-state index contributed by atoms with van der Waals surface area (Å²) in [5, 5.41) is 3.10. The molecule has 0 saturated heterocycles. The van der Waals surface area contributed by atoms with E-state index in [1.165, 1.54) is 12.1 Å². The van der Waals surface area contributed by atoms with Crippen molar-refractivity contribution in [3.8, 4) is 31.0 Å². The molecule has 0 saturated carbocycles. The Morgan fingerprint density at radius 1 is 0.340 bits per heavy atom. The summed E-state index contributed by atoms with van der Waals surface area (Å²) in [6, 6.07) is 59.2. The number of hydrogen-bond donors (Lipinski definition) is 0. The summed E-state index contributed by atoms with van der Waals surface area (Å²) < 4.78 is 38.9. The van der Waals surface area contributed by atoms with Crippen LogP contribution < -0.4 is 41.9 Å². The molecule has 0 radical (unpaired) electrons. The van der Waals surface area contributed by atoms with Crippen molar-refractivity contribution < 1.29 is 47.6 Å². The van der Waals surface area contributed by atoms with Crippen molar-refractivity contribution in [3.63, 3.8) is 0 Å². The van der Waals surface area contributed by atoms with Crippen LogP contribution in [0.2, 0.25) is 0 Å². The Balaban J connectivity index is 0.952. The summed E-state index contributed by atoms with van der Waals surface area (Å²) in [5.74, 6) is -5.02. The molecule has 6 heterocycles. The smallest absolute Gasteiger partial charge is 0.367 e. The van der Waals surface area contributed by atoms with E-state index in [0.717, 1.165) is 66.9 Å². The van der Waals surface area contributed by atoms with Crippen LogP contribution in [0.25, 0.3) is 72.0 Å². The lowest BCUT2D eigenvalue weighted by Gasteiger charge is -2.33. The molecule has 0 aliphatic carbocycles. The van der Waals surface area contributed by atoms with E-state index in [1.54, 1.807) is 146 Å². The summed E-state index contributed by atoms with van der Waals surface area (Å²) >= 11 is 3.94. The first-order valence-electron chi connectivity index (χ1n) is 29.4. The third-order valence-electron chi connectivity index (χ3n) is 16.6. The second-order valence-corrected chi connectivity index (χ2v) is 26.5. The minimum absolute atomic E-state index is 0.0783. The van der Waals surface area contributed by atoms with Gasteiger partial charge in [-0.05, 0) is 68.1 Å². The van der Waals surface area contributed by atoms with E-state index in [9.17, 15) is 19.2 Å². The molecule has 16 rings (SSSR count). The van der Waals surface area contributed by atoms with Gasteiger partial charge in [0.15, 0.2) is 10.7 Å². The van der Waals surface area contributed by atoms with Gasteiger partial charge in [0, 0.05) is 33.7 Å². The number of carbonyl (C=O) groups is 4. The summed E-state index contributed by atoms with van der Waals surface area (Å²) in [5.41, 5.74) is -6.11. The number of hydrogen-bond acceptors (Lipinski definition) is 20. The van der Waals surface area contributed by atoms with Crippen molar-refractivity contribution in [2.45, 2.75) is 37.6 Å². The van der Waals surface area contributed by atoms with Crippen molar-refractivity contribution in [3.05, 3.63) is 291 Å². The molecule has 16 nitrogen and oxygen atoms in total. The van der Waals surface area contributed by atoms with Crippen molar-refractivity contribution in [1.29, 1.82) is 0 Å². The third kappa shape index (κ3) is 9.51. The van der Waals surface area contributed by atoms with Crippen LogP contribution in [0.5, 0.6) is 11.5 Å². The maximum atomic E-state index is 15.9. The number of nitrogens with zero attached hydrogens (tertiary/aromatic N) is 2. The molecule has 4 aromatic heterocycles. The number of rotatable bonds is 14. The van der Waals surface area contributed by atoms with Crippen LogP contribution in [-0.4, -0.2) is 23.9 Å². The van der Waals surface area contributed by atoms with Crippen molar-refractivity contribution in [2.75, 3.05) is 0 Å². The molecule has 0 fully saturated rings. The van der Waals surface area contributed by atoms with E-state index in [1.807, 2.05) is 48.5 Å². The van der Waals surface area contributed by atoms with Gasteiger partial charge in [-0.15, -0.1) is 45.3 Å². The van der Waals surface area contributed by atoms with E-state index in [-0.39, 0.29) is 120 Å². The molecule has 0 N–H and O–H groups in total. The molecule has 0 atom stereocenters. The molecule has 2 aliphatic rings. The third-order valence-corrected chi connectivity index (χ3v) is 21.5. The molecular weight excluding hydrogens is 1270 g/mol. The molecule has 20 heteroatoms. The Hall–Kier alpha value is -11.2. The fourth-order valence-electron chi connectivity index (χ4n) is 12.0. The van der Waals surface area contributed by atoms with Gasteiger partial charge in [0.25, 0.3) is 0 Å². The Morgan fingerprint density at radius 3 is 0.883 bits per heavy atom. The topological polar surface area (TPSA) is 217 Å². The van der Waals surface area contributed by atoms with Crippen LogP contribution in [0, 0.1) is 0 Å². The first-order valence-corrected chi connectivity index (χ1v) is 32.6. The molecule has 2 aliphatic heterocycles. The average Bonchev–Trinajstić information content (AvgIpc) is 1.51. The highest BCUT2D eigenvalue weighted by Gasteiger charge is 2.64. The number of benzene rings is 8. The Morgan fingerprint density at radius 2 is 0.606 bits per heavy atom. The molecular formula is C74H42N2O14S4. The maximum absolute atomic E-state index is 15.9. The van der Waals surface area contributed by atoms with Gasteiger partial charge in [0.1, 0.15) is 47.9 Å². The Labute approximate surface area is 545 Å². The van der Waals surface area contributed by atoms with Gasteiger partial charge in [-0.2, -0.15) is 0 Å². The molecule has 10 aromatic carbocycles. The van der Waals surface area contributed by atoms with Crippen LogP contribution >= 0.6 is 45.3 Å². The lowest BCUT2D eigenvalue weighted by atomic mass is 9.88.